The summed E-state index contributed by atoms with van der Waals surface area (Å²) in [7, 11) is 0. The van der Waals surface area contributed by atoms with Crippen LogP contribution in [0.5, 0.6) is 0 Å². The first-order valence-electron chi connectivity index (χ1n) is 10.9. The molecule has 0 spiro atoms. The first kappa shape index (κ1) is 23.4. The highest BCUT2D eigenvalue weighted by molar-refractivity contribution is 7.13. The summed E-state index contributed by atoms with van der Waals surface area (Å²) >= 11 is 1.59. The third kappa shape index (κ3) is 5.15. The first-order chi connectivity index (χ1) is 14.6. The van der Waals surface area contributed by atoms with Gasteiger partial charge in [-0.15, -0.1) is 11.3 Å². The third-order valence-corrected chi connectivity index (χ3v) is 7.31. The van der Waals surface area contributed by atoms with Crippen LogP contribution in [0.4, 0.5) is 0 Å². The van der Waals surface area contributed by atoms with E-state index in [1.165, 1.54) is 0 Å². The van der Waals surface area contributed by atoms with E-state index in [-0.39, 0.29) is 29.8 Å². The molecule has 2 aromatic rings. The molecule has 1 aliphatic heterocycles. The van der Waals surface area contributed by atoms with Gasteiger partial charge in [0, 0.05) is 12.5 Å². The van der Waals surface area contributed by atoms with Crippen molar-refractivity contribution in [3.8, 4) is 10.4 Å². The second kappa shape index (κ2) is 9.49. The van der Waals surface area contributed by atoms with Crippen LogP contribution >= 0.6 is 11.3 Å². The van der Waals surface area contributed by atoms with E-state index in [9.17, 15) is 14.7 Å². The predicted octanol–water partition coefficient (Wildman–Crippen LogP) is 3.94. The van der Waals surface area contributed by atoms with Gasteiger partial charge < -0.3 is 15.3 Å². The van der Waals surface area contributed by atoms with Crippen molar-refractivity contribution < 1.29 is 14.7 Å². The van der Waals surface area contributed by atoms with E-state index in [4.69, 9.17) is 0 Å². The van der Waals surface area contributed by atoms with E-state index in [2.05, 4.69) is 10.3 Å². The summed E-state index contributed by atoms with van der Waals surface area (Å²) in [6, 6.07) is 6.83. The largest absolute Gasteiger partial charge is 0.394 e. The number of benzene rings is 1. The number of carbonyl (C=O) groups excluding carboxylic acids is 2. The zero-order chi connectivity index (χ0) is 22.8. The van der Waals surface area contributed by atoms with Crippen molar-refractivity contribution in [3.63, 3.8) is 0 Å². The molecule has 7 heteroatoms. The van der Waals surface area contributed by atoms with Crippen molar-refractivity contribution in [2.75, 3.05) is 13.2 Å². The molecule has 2 amide bonds. The summed E-state index contributed by atoms with van der Waals surface area (Å²) < 4.78 is 0. The standard InChI is InChI=1S/C24H33N3O3S/c1-15(24(3,4)5)23(30)27-12-6-7-20(27)22(29)26-19(13-28)17-8-10-18(11-9-17)21-16(2)25-14-31-21/h8-11,14-15,19-20,28H,6-7,12-13H2,1-5H3,(H,26,29). The highest BCUT2D eigenvalue weighted by Gasteiger charge is 2.39. The van der Waals surface area contributed by atoms with Gasteiger partial charge in [0.05, 0.1) is 28.7 Å². The number of nitrogens with one attached hydrogen (secondary N) is 1. The van der Waals surface area contributed by atoms with Gasteiger partial charge in [-0.2, -0.15) is 0 Å². The van der Waals surface area contributed by atoms with Crippen LogP contribution in [0.1, 0.15) is 57.8 Å². The summed E-state index contributed by atoms with van der Waals surface area (Å²) in [6.45, 7) is 10.4. The minimum Gasteiger partial charge on any atom is -0.394 e. The van der Waals surface area contributed by atoms with E-state index in [0.717, 1.165) is 28.1 Å². The van der Waals surface area contributed by atoms with Crippen LogP contribution < -0.4 is 5.32 Å². The number of thiazole rings is 1. The van der Waals surface area contributed by atoms with E-state index < -0.39 is 12.1 Å². The van der Waals surface area contributed by atoms with E-state index in [1.807, 2.05) is 64.4 Å². The number of likely N-dealkylation sites (tertiary alicyclic amines) is 1. The summed E-state index contributed by atoms with van der Waals surface area (Å²) in [4.78, 5) is 33.2. The van der Waals surface area contributed by atoms with Gasteiger partial charge in [-0.3, -0.25) is 9.59 Å². The van der Waals surface area contributed by atoms with Gasteiger partial charge >= 0.3 is 0 Å². The fourth-order valence-electron chi connectivity index (χ4n) is 3.87. The van der Waals surface area contributed by atoms with E-state index in [0.29, 0.717) is 13.0 Å². The van der Waals surface area contributed by atoms with Crippen LogP contribution in [-0.2, 0) is 9.59 Å². The fraction of sp³-hybridized carbons (Fsp3) is 0.542. The Kier molecular flexibility index (Phi) is 7.17. The highest BCUT2D eigenvalue weighted by Crippen LogP contribution is 2.31. The number of rotatable bonds is 6. The number of carbonyl (C=O) groups is 2. The maximum absolute atomic E-state index is 13.1. The molecule has 1 aliphatic rings. The lowest BCUT2D eigenvalue weighted by Gasteiger charge is -2.33. The van der Waals surface area contributed by atoms with Crippen molar-refractivity contribution in [1.82, 2.24) is 15.2 Å². The minimum atomic E-state index is -0.512. The molecule has 3 atom stereocenters. The summed E-state index contributed by atoms with van der Waals surface area (Å²) in [5, 5.41) is 12.9. The highest BCUT2D eigenvalue weighted by atomic mass is 32.1. The lowest BCUT2D eigenvalue weighted by atomic mass is 9.81. The van der Waals surface area contributed by atoms with E-state index >= 15 is 0 Å². The zero-order valence-corrected chi connectivity index (χ0v) is 19.8. The van der Waals surface area contributed by atoms with Crippen LogP contribution in [-0.4, -0.2) is 46.0 Å². The van der Waals surface area contributed by atoms with Gasteiger partial charge in [-0.1, -0.05) is 52.0 Å². The molecule has 3 rings (SSSR count). The van der Waals surface area contributed by atoms with Crippen molar-refractivity contribution in [2.24, 2.45) is 11.3 Å². The number of amides is 2. The average Bonchev–Trinajstić information content (AvgIpc) is 3.39. The maximum atomic E-state index is 13.1. The first-order valence-corrected chi connectivity index (χ1v) is 11.7. The number of aromatic nitrogens is 1. The van der Waals surface area contributed by atoms with Gasteiger partial charge in [0.15, 0.2) is 0 Å². The molecule has 1 saturated heterocycles. The average molecular weight is 444 g/mol. The topological polar surface area (TPSA) is 82.5 Å². The second-order valence-electron chi connectivity index (χ2n) is 9.41. The van der Waals surface area contributed by atoms with Crippen LogP contribution in [0.25, 0.3) is 10.4 Å². The molecule has 0 aliphatic carbocycles. The Morgan fingerprint density at radius 2 is 1.97 bits per heavy atom. The van der Waals surface area contributed by atoms with Crippen molar-refractivity contribution >= 4 is 23.2 Å². The summed E-state index contributed by atoms with van der Waals surface area (Å²) in [5.41, 5.74) is 4.55. The monoisotopic (exact) mass is 443 g/mol. The van der Waals surface area contributed by atoms with Crippen molar-refractivity contribution in [2.45, 2.75) is 59.5 Å². The molecule has 1 fully saturated rings. The maximum Gasteiger partial charge on any atom is 0.243 e. The molecule has 2 N–H and O–H groups in total. The molecule has 1 aromatic carbocycles. The molecule has 1 aromatic heterocycles. The Morgan fingerprint density at radius 3 is 2.52 bits per heavy atom. The SMILES string of the molecule is Cc1ncsc1-c1ccc(C(CO)NC(=O)C2CCCN2C(=O)C(C)C(C)(C)C)cc1. The number of nitrogens with zero attached hydrogens (tertiary/aromatic N) is 2. The molecule has 3 unspecified atom stereocenters. The number of hydrogen-bond acceptors (Lipinski definition) is 5. The summed E-state index contributed by atoms with van der Waals surface area (Å²) in [5.74, 6) is -0.347. The van der Waals surface area contributed by atoms with Crippen molar-refractivity contribution in [3.05, 3.63) is 41.0 Å². The molecule has 0 bridgehead atoms. The van der Waals surface area contributed by atoms with Gasteiger partial charge in [-0.05, 0) is 36.3 Å². The quantitative estimate of drug-likeness (QED) is 0.708. The van der Waals surface area contributed by atoms with Gasteiger partial charge in [-0.25, -0.2) is 4.98 Å². The molecule has 6 nitrogen and oxygen atoms in total. The molecular formula is C24H33N3O3S. The molecule has 0 radical (unpaired) electrons. The minimum absolute atomic E-state index is 0.0231. The Bertz CT molecular complexity index is 917. The fourth-order valence-corrected chi connectivity index (χ4v) is 4.68. The molecule has 168 valence electrons. The number of aliphatic hydroxyl groups is 1. The molecule has 2 heterocycles. The van der Waals surface area contributed by atoms with Crippen LogP contribution in [0.2, 0.25) is 0 Å². The van der Waals surface area contributed by atoms with Crippen LogP contribution in [0, 0.1) is 18.3 Å². The molecule has 0 saturated carbocycles. The smallest absolute Gasteiger partial charge is 0.243 e. The number of aryl methyl sites for hydroxylation is 1. The van der Waals surface area contributed by atoms with Gasteiger partial charge in [0.2, 0.25) is 11.8 Å². The number of hydrogen-bond donors (Lipinski definition) is 2. The van der Waals surface area contributed by atoms with Crippen molar-refractivity contribution in [1.29, 1.82) is 0 Å². The Morgan fingerprint density at radius 1 is 1.29 bits per heavy atom. The van der Waals surface area contributed by atoms with Gasteiger partial charge in [0.1, 0.15) is 6.04 Å². The van der Waals surface area contributed by atoms with Crippen LogP contribution in [0.3, 0.4) is 0 Å². The number of aliphatic hydroxyl groups excluding tert-OH is 1. The molecular weight excluding hydrogens is 410 g/mol. The normalized spacial score (nSPS) is 18.6. The Balaban J connectivity index is 1.70. The predicted molar refractivity (Wildman–Crippen MR) is 124 cm³/mol. The lowest BCUT2D eigenvalue weighted by molar-refractivity contribution is -0.144. The van der Waals surface area contributed by atoms with Gasteiger partial charge in [0.25, 0.3) is 0 Å². The second-order valence-corrected chi connectivity index (χ2v) is 10.3. The Hall–Kier alpha value is -2.25. The zero-order valence-electron chi connectivity index (χ0n) is 19.0. The Labute approximate surface area is 188 Å². The lowest BCUT2D eigenvalue weighted by Crippen LogP contribution is -2.50. The summed E-state index contributed by atoms with van der Waals surface area (Å²) in [6.07, 6.45) is 1.46. The third-order valence-electron chi connectivity index (χ3n) is 6.33. The molecule has 31 heavy (non-hydrogen) atoms. The van der Waals surface area contributed by atoms with E-state index in [1.54, 1.807) is 16.2 Å². The van der Waals surface area contributed by atoms with Crippen LogP contribution in [0.15, 0.2) is 29.8 Å².